The molecule has 6 nitrogen and oxygen atoms in total. The van der Waals surface area contributed by atoms with E-state index >= 15 is 0 Å². The Kier molecular flexibility index (Phi) is 7.41. The van der Waals surface area contributed by atoms with E-state index in [0.29, 0.717) is 37.5 Å². The van der Waals surface area contributed by atoms with Crippen LogP contribution in [0.1, 0.15) is 28.8 Å². The van der Waals surface area contributed by atoms with Crippen molar-refractivity contribution in [1.29, 1.82) is 0 Å². The van der Waals surface area contributed by atoms with Gasteiger partial charge in [0.05, 0.1) is 5.56 Å². The second kappa shape index (κ2) is 10.2. The lowest BCUT2D eigenvalue weighted by atomic mass is 9.96. The Bertz CT molecular complexity index is 929. The van der Waals surface area contributed by atoms with Gasteiger partial charge in [0, 0.05) is 31.2 Å². The van der Waals surface area contributed by atoms with Crippen molar-refractivity contribution in [2.75, 3.05) is 19.6 Å². The Morgan fingerprint density at radius 2 is 1.60 bits per heavy atom. The van der Waals surface area contributed by atoms with Gasteiger partial charge in [-0.1, -0.05) is 41.9 Å². The molecule has 1 aliphatic rings. The van der Waals surface area contributed by atoms with Crippen molar-refractivity contribution in [2.45, 2.75) is 19.4 Å². The van der Waals surface area contributed by atoms with Crippen molar-refractivity contribution in [3.05, 3.63) is 70.5 Å². The van der Waals surface area contributed by atoms with Crippen molar-refractivity contribution >= 4 is 29.3 Å². The molecule has 2 aromatic rings. The average Bonchev–Trinajstić information content (AvgIpc) is 2.77. The number of likely N-dealkylation sites (tertiary alicyclic amines) is 1. The number of halogens is 2. The van der Waals surface area contributed by atoms with E-state index in [1.807, 2.05) is 0 Å². The molecule has 1 saturated heterocycles. The Balaban J connectivity index is 1.40. The second-order valence-corrected chi connectivity index (χ2v) is 7.61. The third-order valence-corrected chi connectivity index (χ3v) is 5.53. The highest BCUT2D eigenvalue weighted by Crippen LogP contribution is 2.19. The van der Waals surface area contributed by atoms with Crippen LogP contribution in [0.2, 0.25) is 5.02 Å². The summed E-state index contributed by atoms with van der Waals surface area (Å²) in [6.07, 6.45) is 1.34. The van der Waals surface area contributed by atoms with Crippen LogP contribution in [0.25, 0.3) is 0 Å². The van der Waals surface area contributed by atoms with E-state index in [2.05, 4.69) is 10.6 Å². The van der Waals surface area contributed by atoms with Gasteiger partial charge in [-0.2, -0.15) is 0 Å². The van der Waals surface area contributed by atoms with Crippen molar-refractivity contribution in [3.8, 4) is 0 Å². The van der Waals surface area contributed by atoms with Crippen LogP contribution in [0.3, 0.4) is 0 Å². The molecule has 158 valence electrons. The largest absolute Gasteiger partial charge is 0.348 e. The molecule has 30 heavy (non-hydrogen) atoms. The van der Waals surface area contributed by atoms with Gasteiger partial charge in [0.1, 0.15) is 5.82 Å². The Morgan fingerprint density at radius 1 is 0.967 bits per heavy atom. The Hall–Kier alpha value is -2.93. The van der Waals surface area contributed by atoms with Crippen LogP contribution in [-0.2, 0) is 16.1 Å². The van der Waals surface area contributed by atoms with Gasteiger partial charge >= 0.3 is 11.8 Å². The van der Waals surface area contributed by atoms with Gasteiger partial charge in [0.25, 0.3) is 5.91 Å². The lowest BCUT2D eigenvalue weighted by Crippen LogP contribution is -2.44. The molecule has 0 spiro atoms. The smallest absolute Gasteiger partial charge is 0.309 e. The number of piperidine rings is 1. The van der Waals surface area contributed by atoms with Gasteiger partial charge < -0.3 is 15.5 Å². The maximum Gasteiger partial charge on any atom is 0.309 e. The lowest BCUT2D eigenvalue weighted by Gasteiger charge is -2.32. The van der Waals surface area contributed by atoms with Crippen molar-refractivity contribution in [2.24, 2.45) is 5.92 Å². The fourth-order valence-electron chi connectivity index (χ4n) is 3.36. The van der Waals surface area contributed by atoms with E-state index in [0.717, 1.165) is 5.56 Å². The molecule has 0 bridgehead atoms. The second-order valence-electron chi connectivity index (χ2n) is 7.20. The monoisotopic (exact) mass is 431 g/mol. The van der Waals surface area contributed by atoms with Crippen molar-refractivity contribution in [1.82, 2.24) is 15.5 Å². The predicted octanol–water partition coefficient (Wildman–Crippen LogP) is 2.76. The zero-order chi connectivity index (χ0) is 21.5. The molecule has 1 fully saturated rings. The van der Waals surface area contributed by atoms with Crippen LogP contribution in [0.4, 0.5) is 4.39 Å². The summed E-state index contributed by atoms with van der Waals surface area (Å²) in [5, 5.41) is 5.71. The summed E-state index contributed by atoms with van der Waals surface area (Å²) in [6, 6.07) is 13.0. The number of carbonyl (C=O) groups is 3. The number of carbonyl (C=O) groups excluding carboxylic acids is 3. The van der Waals surface area contributed by atoms with Crippen molar-refractivity contribution in [3.63, 3.8) is 0 Å². The van der Waals surface area contributed by atoms with Crippen LogP contribution in [-0.4, -0.2) is 42.3 Å². The predicted molar refractivity (Wildman–Crippen MR) is 111 cm³/mol. The molecule has 3 rings (SSSR count). The fourth-order valence-corrected chi connectivity index (χ4v) is 3.56. The summed E-state index contributed by atoms with van der Waals surface area (Å²) in [6.45, 7) is 1.47. The third kappa shape index (κ3) is 5.57. The Morgan fingerprint density at radius 3 is 2.30 bits per heavy atom. The first-order valence-electron chi connectivity index (χ1n) is 9.79. The SMILES string of the molecule is O=C(NCc1ccccc1Cl)C(=O)NCC1CCN(C(=O)c2ccccc2F)CC1. The normalized spacial score (nSPS) is 14.3. The van der Waals surface area contributed by atoms with Crippen LogP contribution >= 0.6 is 11.6 Å². The average molecular weight is 432 g/mol. The first-order chi connectivity index (χ1) is 14.5. The van der Waals surface area contributed by atoms with Gasteiger partial charge in [-0.25, -0.2) is 4.39 Å². The number of amides is 3. The molecule has 8 heteroatoms. The van der Waals surface area contributed by atoms with E-state index < -0.39 is 17.6 Å². The summed E-state index contributed by atoms with van der Waals surface area (Å²) >= 11 is 6.03. The molecule has 0 unspecified atom stereocenters. The molecule has 2 aromatic carbocycles. The standard InChI is InChI=1S/C22H23ClFN3O3/c23-18-7-3-1-5-16(18)14-26-21(29)20(28)25-13-15-9-11-27(12-10-15)22(30)17-6-2-4-8-19(17)24/h1-8,15H,9-14H2,(H,25,28)(H,26,29). The van der Waals surface area contributed by atoms with Gasteiger partial charge in [-0.3, -0.25) is 14.4 Å². The summed E-state index contributed by atoms with van der Waals surface area (Å²) in [7, 11) is 0. The zero-order valence-corrected chi connectivity index (χ0v) is 17.1. The van der Waals surface area contributed by atoms with E-state index in [1.54, 1.807) is 41.3 Å². The minimum atomic E-state index is -0.720. The molecule has 0 saturated carbocycles. The molecular formula is C22H23ClFN3O3. The molecule has 1 aliphatic heterocycles. The minimum Gasteiger partial charge on any atom is -0.348 e. The summed E-state index contributed by atoms with van der Waals surface area (Å²) in [5.41, 5.74) is 0.798. The quantitative estimate of drug-likeness (QED) is 0.714. The Labute approximate surface area is 179 Å². The van der Waals surface area contributed by atoms with Crippen molar-refractivity contribution < 1.29 is 18.8 Å². The molecule has 2 N–H and O–H groups in total. The van der Waals surface area contributed by atoms with E-state index in [1.165, 1.54) is 12.1 Å². The van der Waals surface area contributed by atoms with Gasteiger partial charge in [-0.05, 0) is 42.5 Å². The van der Waals surface area contributed by atoms with Crippen LogP contribution in [0.15, 0.2) is 48.5 Å². The molecule has 0 radical (unpaired) electrons. The molecule has 0 aromatic heterocycles. The molecule has 3 amide bonds. The number of nitrogens with one attached hydrogen (secondary N) is 2. The summed E-state index contributed by atoms with van der Waals surface area (Å²) < 4.78 is 13.8. The summed E-state index contributed by atoms with van der Waals surface area (Å²) in [4.78, 5) is 38.1. The minimum absolute atomic E-state index is 0.0689. The molecular weight excluding hydrogens is 409 g/mol. The highest BCUT2D eigenvalue weighted by atomic mass is 35.5. The van der Waals surface area contributed by atoms with E-state index in [4.69, 9.17) is 11.6 Å². The first kappa shape index (κ1) is 21.8. The number of hydrogen-bond donors (Lipinski definition) is 2. The number of nitrogens with zero attached hydrogens (tertiary/aromatic N) is 1. The molecule has 0 atom stereocenters. The van der Waals surface area contributed by atoms with Gasteiger partial charge in [0.2, 0.25) is 0 Å². The molecule has 1 heterocycles. The highest BCUT2D eigenvalue weighted by molar-refractivity contribution is 6.35. The van der Waals surface area contributed by atoms with Crippen LogP contribution in [0.5, 0.6) is 0 Å². The van der Waals surface area contributed by atoms with Crippen LogP contribution < -0.4 is 10.6 Å². The van der Waals surface area contributed by atoms with Gasteiger partial charge in [-0.15, -0.1) is 0 Å². The van der Waals surface area contributed by atoms with E-state index in [9.17, 15) is 18.8 Å². The van der Waals surface area contributed by atoms with E-state index in [-0.39, 0.29) is 23.9 Å². The fraction of sp³-hybridized carbons (Fsp3) is 0.318. The maximum atomic E-state index is 13.8. The zero-order valence-electron chi connectivity index (χ0n) is 16.4. The number of hydrogen-bond acceptors (Lipinski definition) is 3. The maximum absolute atomic E-state index is 13.8. The number of rotatable bonds is 5. The highest BCUT2D eigenvalue weighted by Gasteiger charge is 2.26. The first-order valence-corrected chi connectivity index (χ1v) is 10.2. The van der Waals surface area contributed by atoms with Gasteiger partial charge in [0.15, 0.2) is 0 Å². The van der Waals surface area contributed by atoms with Crippen LogP contribution in [0, 0.1) is 11.7 Å². The lowest BCUT2D eigenvalue weighted by molar-refractivity contribution is -0.139. The topological polar surface area (TPSA) is 78.5 Å². The number of benzene rings is 2. The third-order valence-electron chi connectivity index (χ3n) is 5.16. The summed E-state index contributed by atoms with van der Waals surface area (Å²) in [5.74, 6) is -2.13. The molecule has 0 aliphatic carbocycles.